The van der Waals surface area contributed by atoms with E-state index in [1.165, 1.54) is 12.8 Å². The van der Waals surface area contributed by atoms with Crippen molar-refractivity contribution >= 4 is 0 Å². The van der Waals surface area contributed by atoms with Crippen LogP contribution in [0.25, 0.3) is 0 Å². The van der Waals surface area contributed by atoms with Crippen LogP contribution in [0, 0.1) is 11.3 Å². The molecule has 0 aliphatic heterocycles. The summed E-state index contributed by atoms with van der Waals surface area (Å²) in [5.74, 6) is 0.418. The van der Waals surface area contributed by atoms with Crippen molar-refractivity contribution in [2.45, 2.75) is 32.6 Å². The fourth-order valence-electron chi connectivity index (χ4n) is 1.10. The van der Waals surface area contributed by atoms with E-state index in [2.05, 4.69) is 16.9 Å². The van der Waals surface area contributed by atoms with Crippen LogP contribution in [0.1, 0.15) is 37.7 Å². The van der Waals surface area contributed by atoms with Gasteiger partial charge in [0, 0.05) is 6.20 Å². The number of hydrogen-bond acceptors (Lipinski definition) is 2. The number of hydrogen-bond donors (Lipinski definition) is 1. The summed E-state index contributed by atoms with van der Waals surface area (Å²) in [4.78, 5) is 6.89. The van der Waals surface area contributed by atoms with Crippen molar-refractivity contribution in [3.8, 4) is 6.07 Å². The number of imidazole rings is 1. The van der Waals surface area contributed by atoms with Gasteiger partial charge in [0.2, 0.25) is 5.82 Å². The molecule has 0 saturated carbocycles. The molecule has 3 heteroatoms. The molecule has 0 unspecified atom stereocenters. The van der Waals surface area contributed by atoms with E-state index in [4.69, 9.17) is 5.26 Å². The topological polar surface area (TPSA) is 52.5 Å². The van der Waals surface area contributed by atoms with Gasteiger partial charge in [-0.05, 0) is 12.8 Å². The number of aryl methyl sites for hydroxylation is 1. The third-order valence-corrected chi connectivity index (χ3v) is 1.77. The lowest BCUT2D eigenvalue weighted by molar-refractivity contribution is 0.709. The van der Waals surface area contributed by atoms with Gasteiger partial charge < -0.3 is 4.98 Å². The van der Waals surface area contributed by atoms with Crippen LogP contribution in [0.3, 0.4) is 0 Å². The van der Waals surface area contributed by atoms with Crippen molar-refractivity contribution in [2.24, 2.45) is 0 Å². The zero-order valence-corrected chi connectivity index (χ0v) is 7.30. The molecule has 0 saturated heterocycles. The highest BCUT2D eigenvalue weighted by molar-refractivity contribution is 5.13. The number of aromatic nitrogens is 2. The number of nitrogens with one attached hydrogen (secondary N) is 1. The summed E-state index contributed by atoms with van der Waals surface area (Å²) in [6, 6.07) is 1.97. The highest BCUT2D eigenvalue weighted by atomic mass is 14.9. The van der Waals surface area contributed by atoms with Crippen LogP contribution in [0.15, 0.2) is 6.20 Å². The average molecular weight is 163 g/mol. The zero-order chi connectivity index (χ0) is 8.81. The van der Waals surface area contributed by atoms with Gasteiger partial charge in [0.15, 0.2) is 0 Å². The predicted octanol–water partition coefficient (Wildman–Crippen LogP) is 2.01. The maximum atomic E-state index is 8.48. The SMILES string of the molecule is CCCCCc1c[nH]c(C#N)n1. The molecule has 64 valence electrons. The van der Waals surface area contributed by atoms with Crippen LogP contribution in [0.5, 0.6) is 0 Å². The molecule has 1 aromatic rings. The van der Waals surface area contributed by atoms with Gasteiger partial charge in [-0.1, -0.05) is 19.8 Å². The second-order valence-corrected chi connectivity index (χ2v) is 2.81. The van der Waals surface area contributed by atoms with E-state index in [0.29, 0.717) is 5.82 Å². The summed E-state index contributed by atoms with van der Waals surface area (Å²) >= 11 is 0. The molecule has 0 fully saturated rings. The molecule has 1 aromatic heterocycles. The first kappa shape index (κ1) is 8.79. The predicted molar refractivity (Wildman–Crippen MR) is 46.5 cm³/mol. The molecular formula is C9H13N3. The van der Waals surface area contributed by atoms with Gasteiger partial charge in [0.25, 0.3) is 0 Å². The van der Waals surface area contributed by atoms with Crippen LogP contribution in [0.2, 0.25) is 0 Å². The molecular weight excluding hydrogens is 150 g/mol. The van der Waals surface area contributed by atoms with E-state index in [1.807, 2.05) is 12.3 Å². The molecule has 1 N–H and O–H groups in total. The van der Waals surface area contributed by atoms with Crippen LogP contribution in [-0.2, 0) is 6.42 Å². The second-order valence-electron chi connectivity index (χ2n) is 2.81. The standard InChI is InChI=1S/C9H13N3/c1-2-3-4-5-8-7-11-9(6-10)12-8/h7H,2-5H2,1H3,(H,11,12). The van der Waals surface area contributed by atoms with Gasteiger partial charge in [0.1, 0.15) is 6.07 Å². The average Bonchev–Trinajstić information content (AvgIpc) is 2.53. The van der Waals surface area contributed by atoms with Crippen molar-refractivity contribution in [1.82, 2.24) is 9.97 Å². The Kier molecular flexibility index (Phi) is 3.34. The maximum absolute atomic E-state index is 8.48. The van der Waals surface area contributed by atoms with E-state index < -0.39 is 0 Å². The summed E-state index contributed by atoms with van der Waals surface area (Å²) in [6.45, 7) is 2.17. The molecule has 0 aliphatic carbocycles. The minimum absolute atomic E-state index is 0.418. The Balaban J connectivity index is 2.38. The Morgan fingerprint density at radius 2 is 2.42 bits per heavy atom. The fraction of sp³-hybridized carbons (Fsp3) is 0.556. The van der Waals surface area contributed by atoms with Crippen LogP contribution in [0.4, 0.5) is 0 Å². The summed E-state index contributed by atoms with van der Waals surface area (Å²) < 4.78 is 0. The van der Waals surface area contributed by atoms with Gasteiger partial charge in [-0.15, -0.1) is 0 Å². The van der Waals surface area contributed by atoms with E-state index in [0.717, 1.165) is 18.5 Å². The van der Waals surface area contributed by atoms with Crippen molar-refractivity contribution in [3.63, 3.8) is 0 Å². The van der Waals surface area contributed by atoms with Gasteiger partial charge in [-0.3, -0.25) is 0 Å². The molecule has 12 heavy (non-hydrogen) atoms. The zero-order valence-electron chi connectivity index (χ0n) is 7.30. The monoisotopic (exact) mass is 163 g/mol. The number of rotatable bonds is 4. The summed E-state index contributed by atoms with van der Waals surface area (Å²) in [6.07, 6.45) is 6.40. The number of aromatic amines is 1. The Bertz CT molecular complexity index is 270. The molecule has 0 aromatic carbocycles. The van der Waals surface area contributed by atoms with Gasteiger partial charge in [-0.25, -0.2) is 4.98 Å². The van der Waals surface area contributed by atoms with E-state index in [1.54, 1.807) is 0 Å². The Morgan fingerprint density at radius 1 is 1.58 bits per heavy atom. The third-order valence-electron chi connectivity index (χ3n) is 1.77. The van der Waals surface area contributed by atoms with Gasteiger partial charge in [-0.2, -0.15) is 5.26 Å². The van der Waals surface area contributed by atoms with Crippen molar-refractivity contribution < 1.29 is 0 Å². The molecule has 0 amide bonds. The van der Waals surface area contributed by atoms with Crippen molar-refractivity contribution in [1.29, 1.82) is 5.26 Å². The van der Waals surface area contributed by atoms with E-state index in [-0.39, 0.29) is 0 Å². The fourth-order valence-corrected chi connectivity index (χ4v) is 1.10. The lowest BCUT2D eigenvalue weighted by atomic mass is 10.2. The smallest absolute Gasteiger partial charge is 0.210 e. The van der Waals surface area contributed by atoms with Crippen LogP contribution >= 0.6 is 0 Å². The van der Waals surface area contributed by atoms with E-state index in [9.17, 15) is 0 Å². The summed E-state index contributed by atoms with van der Waals surface area (Å²) in [7, 11) is 0. The Labute approximate surface area is 72.4 Å². The first-order valence-corrected chi connectivity index (χ1v) is 4.31. The summed E-state index contributed by atoms with van der Waals surface area (Å²) in [5, 5.41) is 8.48. The first-order valence-electron chi connectivity index (χ1n) is 4.31. The minimum atomic E-state index is 0.418. The first-order chi connectivity index (χ1) is 5.86. The minimum Gasteiger partial charge on any atom is -0.336 e. The van der Waals surface area contributed by atoms with Crippen LogP contribution in [-0.4, -0.2) is 9.97 Å². The van der Waals surface area contributed by atoms with Gasteiger partial charge in [0.05, 0.1) is 5.69 Å². The quantitative estimate of drug-likeness (QED) is 0.690. The molecule has 0 spiro atoms. The lowest BCUT2D eigenvalue weighted by Crippen LogP contribution is -1.85. The van der Waals surface area contributed by atoms with Crippen molar-refractivity contribution in [3.05, 3.63) is 17.7 Å². The number of nitrogens with zero attached hydrogens (tertiary/aromatic N) is 2. The summed E-state index contributed by atoms with van der Waals surface area (Å²) in [5.41, 5.74) is 1.00. The molecule has 1 rings (SSSR count). The normalized spacial score (nSPS) is 9.67. The lowest BCUT2D eigenvalue weighted by Gasteiger charge is -1.92. The van der Waals surface area contributed by atoms with Crippen LogP contribution < -0.4 is 0 Å². The number of H-pyrrole nitrogens is 1. The number of unbranched alkanes of at least 4 members (excludes halogenated alkanes) is 2. The van der Waals surface area contributed by atoms with Crippen molar-refractivity contribution in [2.75, 3.05) is 0 Å². The number of nitriles is 1. The largest absolute Gasteiger partial charge is 0.336 e. The maximum Gasteiger partial charge on any atom is 0.210 e. The Hall–Kier alpha value is -1.30. The molecule has 0 bridgehead atoms. The second kappa shape index (κ2) is 4.55. The molecule has 3 nitrogen and oxygen atoms in total. The Morgan fingerprint density at radius 3 is 3.00 bits per heavy atom. The highest BCUT2D eigenvalue weighted by Gasteiger charge is 1.98. The molecule has 0 atom stereocenters. The molecule has 0 aliphatic rings. The molecule has 1 heterocycles. The van der Waals surface area contributed by atoms with E-state index >= 15 is 0 Å². The molecule has 0 radical (unpaired) electrons. The highest BCUT2D eigenvalue weighted by Crippen LogP contribution is 2.03. The third kappa shape index (κ3) is 2.39. The van der Waals surface area contributed by atoms with Gasteiger partial charge >= 0.3 is 0 Å².